The highest BCUT2D eigenvalue weighted by atomic mass is 32.1. The summed E-state index contributed by atoms with van der Waals surface area (Å²) in [6, 6.07) is 4.52. The average Bonchev–Trinajstić information content (AvgIpc) is 2.79. The minimum Gasteiger partial charge on any atom is -0.374 e. The van der Waals surface area contributed by atoms with Gasteiger partial charge in [-0.25, -0.2) is 4.39 Å². The minimum absolute atomic E-state index is 0.0353. The molecule has 0 fully saturated rings. The Balaban J connectivity index is 1.96. The molecule has 5 nitrogen and oxygen atoms in total. The number of carbonyl (C=O) groups excluding carboxylic acids is 1. The number of halogens is 1. The summed E-state index contributed by atoms with van der Waals surface area (Å²) in [5, 5.41) is 8.61. The molecule has 1 aliphatic heterocycles. The van der Waals surface area contributed by atoms with Crippen molar-refractivity contribution in [2.45, 2.75) is 19.4 Å². The third-order valence-electron chi connectivity index (χ3n) is 3.02. The van der Waals surface area contributed by atoms with E-state index in [9.17, 15) is 9.18 Å². The van der Waals surface area contributed by atoms with Gasteiger partial charge in [-0.2, -0.15) is 0 Å². The van der Waals surface area contributed by atoms with E-state index in [0.29, 0.717) is 28.7 Å². The van der Waals surface area contributed by atoms with Crippen molar-refractivity contribution in [3.8, 4) is 0 Å². The van der Waals surface area contributed by atoms with Crippen LogP contribution in [-0.4, -0.2) is 16.1 Å². The van der Waals surface area contributed by atoms with E-state index in [4.69, 9.17) is 5.73 Å². The van der Waals surface area contributed by atoms with E-state index < -0.39 is 0 Å². The normalized spacial score (nSPS) is 14.6. The Bertz CT molecular complexity index is 642. The Morgan fingerprint density at radius 1 is 1.37 bits per heavy atom. The topological polar surface area (TPSA) is 72.1 Å². The lowest BCUT2D eigenvalue weighted by Gasteiger charge is -2.28. The maximum Gasteiger partial charge on any atom is 0.227 e. The lowest BCUT2D eigenvalue weighted by Crippen LogP contribution is -2.34. The maximum absolute atomic E-state index is 13.4. The first kappa shape index (κ1) is 12.0. The first-order chi connectivity index (χ1) is 9.13. The van der Waals surface area contributed by atoms with E-state index in [2.05, 4.69) is 10.2 Å². The molecule has 2 aromatic rings. The van der Waals surface area contributed by atoms with Crippen LogP contribution < -0.4 is 10.6 Å². The first-order valence-electron chi connectivity index (χ1n) is 5.80. The molecule has 0 radical (unpaired) electrons. The Morgan fingerprint density at radius 3 is 2.95 bits per heavy atom. The van der Waals surface area contributed by atoms with Crippen molar-refractivity contribution < 1.29 is 9.18 Å². The zero-order chi connectivity index (χ0) is 13.4. The van der Waals surface area contributed by atoms with E-state index in [1.165, 1.54) is 23.5 Å². The highest BCUT2D eigenvalue weighted by Crippen LogP contribution is 2.30. The number of nitrogens with two attached hydrogens (primary N) is 1. The first-order valence-corrected chi connectivity index (χ1v) is 6.62. The molecular weight excluding hydrogens is 267 g/mol. The van der Waals surface area contributed by atoms with Crippen LogP contribution in [0.15, 0.2) is 18.2 Å². The van der Waals surface area contributed by atoms with Crippen LogP contribution in [0.1, 0.15) is 17.0 Å². The number of amides is 1. The van der Waals surface area contributed by atoms with Gasteiger partial charge in [-0.1, -0.05) is 17.4 Å². The molecule has 0 bridgehead atoms. The molecule has 0 aliphatic carbocycles. The molecule has 1 aromatic heterocycles. The molecular formula is C12H11FN4OS. The van der Waals surface area contributed by atoms with Crippen LogP contribution in [-0.2, 0) is 17.8 Å². The van der Waals surface area contributed by atoms with Crippen molar-refractivity contribution in [3.63, 3.8) is 0 Å². The molecule has 7 heteroatoms. The van der Waals surface area contributed by atoms with Gasteiger partial charge in [-0.15, -0.1) is 10.2 Å². The van der Waals surface area contributed by atoms with Gasteiger partial charge < -0.3 is 10.6 Å². The average molecular weight is 278 g/mol. The van der Waals surface area contributed by atoms with Crippen LogP contribution >= 0.6 is 11.3 Å². The van der Waals surface area contributed by atoms with Crippen LogP contribution in [0.5, 0.6) is 0 Å². The Labute approximate surface area is 112 Å². The van der Waals surface area contributed by atoms with Gasteiger partial charge >= 0.3 is 0 Å². The third-order valence-corrected chi connectivity index (χ3v) is 3.76. The van der Waals surface area contributed by atoms with E-state index in [0.717, 1.165) is 5.56 Å². The molecule has 0 saturated carbocycles. The third kappa shape index (κ3) is 2.28. The number of fused-ring (bicyclic) bond motifs is 1. The van der Waals surface area contributed by atoms with Crippen LogP contribution in [0.25, 0.3) is 0 Å². The van der Waals surface area contributed by atoms with Gasteiger partial charge in [0.05, 0.1) is 12.2 Å². The predicted octanol–water partition coefficient (Wildman–Crippen LogP) is 1.74. The summed E-state index contributed by atoms with van der Waals surface area (Å²) in [5.74, 6) is -0.387. The Hall–Kier alpha value is -2.02. The molecule has 19 heavy (non-hydrogen) atoms. The van der Waals surface area contributed by atoms with Gasteiger partial charge in [0.15, 0.2) is 0 Å². The number of aromatic nitrogens is 2. The van der Waals surface area contributed by atoms with Crippen molar-refractivity contribution >= 4 is 28.1 Å². The van der Waals surface area contributed by atoms with Crippen molar-refractivity contribution in [1.29, 1.82) is 0 Å². The summed E-state index contributed by atoms with van der Waals surface area (Å²) in [6.45, 7) is 0.282. The fourth-order valence-corrected chi connectivity index (χ4v) is 2.75. The summed E-state index contributed by atoms with van der Waals surface area (Å²) in [7, 11) is 0. The second-order valence-corrected chi connectivity index (χ2v) is 5.38. The summed E-state index contributed by atoms with van der Waals surface area (Å²) in [4.78, 5) is 13.6. The number of nitrogens with zero attached hydrogens (tertiary/aromatic N) is 3. The summed E-state index contributed by atoms with van der Waals surface area (Å²) < 4.78 is 13.4. The number of carbonyl (C=O) groups is 1. The van der Waals surface area contributed by atoms with Crippen LogP contribution in [0.4, 0.5) is 15.2 Å². The number of hydrogen-bond acceptors (Lipinski definition) is 5. The van der Waals surface area contributed by atoms with E-state index in [1.807, 2.05) is 0 Å². The number of hydrogen-bond donors (Lipinski definition) is 1. The number of anilines is 2. The molecule has 2 heterocycles. The van der Waals surface area contributed by atoms with Gasteiger partial charge in [-0.3, -0.25) is 4.79 Å². The molecule has 0 unspecified atom stereocenters. The molecule has 0 saturated heterocycles. The molecule has 98 valence electrons. The maximum atomic E-state index is 13.4. The van der Waals surface area contributed by atoms with Gasteiger partial charge in [-0.05, 0) is 24.1 Å². The number of aryl methyl sites for hydroxylation is 1. The lowest BCUT2D eigenvalue weighted by molar-refractivity contribution is -0.119. The van der Waals surface area contributed by atoms with Gasteiger partial charge in [0.25, 0.3) is 0 Å². The number of benzene rings is 1. The highest BCUT2D eigenvalue weighted by molar-refractivity contribution is 7.15. The molecule has 0 atom stereocenters. The van der Waals surface area contributed by atoms with E-state index >= 15 is 0 Å². The largest absolute Gasteiger partial charge is 0.374 e. The van der Waals surface area contributed by atoms with Gasteiger partial charge in [0.2, 0.25) is 11.0 Å². The summed E-state index contributed by atoms with van der Waals surface area (Å²) >= 11 is 1.23. The SMILES string of the molecule is Nc1nnc(CN2C(=O)CCc3ccc(F)cc32)s1. The fourth-order valence-electron chi connectivity index (χ4n) is 2.15. The molecule has 2 N–H and O–H groups in total. The Morgan fingerprint density at radius 2 is 2.21 bits per heavy atom. The van der Waals surface area contributed by atoms with Crippen molar-refractivity contribution in [3.05, 3.63) is 34.6 Å². The van der Waals surface area contributed by atoms with Crippen LogP contribution in [0.3, 0.4) is 0 Å². The minimum atomic E-state index is -0.352. The van der Waals surface area contributed by atoms with Crippen molar-refractivity contribution in [2.75, 3.05) is 10.6 Å². The van der Waals surface area contributed by atoms with E-state index in [-0.39, 0.29) is 18.3 Å². The van der Waals surface area contributed by atoms with Gasteiger partial charge in [0, 0.05) is 6.42 Å². The zero-order valence-electron chi connectivity index (χ0n) is 9.97. The zero-order valence-corrected chi connectivity index (χ0v) is 10.8. The van der Waals surface area contributed by atoms with Crippen LogP contribution in [0.2, 0.25) is 0 Å². The quantitative estimate of drug-likeness (QED) is 0.908. The number of nitrogen functional groups attached to an aromatic ring is 1. The number of rotatable bonds is 2. The molecule has 1 aromatic carbocycles. The second kappa shape index (κ2) is 4.58. The molecule has 1 amide bonds. The van der Waals surface area contributed by atoms with E-state index in [1.54, 1.807) is 11.0 Å². The summed E-state index contributed by atoms with van der Waals surface area (Å²) in [6.07, 6.45) is 1.07. The fraction of sp³-hybridized carbons (Fsp3) is 0.250. The molecule has 1 aliphatic rings. The predicted molar refractivity (Wildman–Crippen MR) is 70.2 cm³/mol. The Kier molecular flexibility index (Phi) is 2.90. The molecule has 3 rings (SSSR count). The van der Waals surface area contributed by atoms with Crippen molar-refractivity contribution in [2.24, 2.45) is 0 Å². The highest BCUT2D eigenvalue weighted by Gasteiger charge is 2.25. The second-order valence-electron chi connectivity index (χ2n) is 4.29. The van der Waals surface area contributed by atoms with Crippen LogP contribution in [0, 0.1) is 5.82 Å². The molecule has 0 spiro atoms. The monoisotopic (exact) mass is 278 g/mol. The lowest BCUT2D eigenvalue weighted by atomic mass is 10.0. The summed E-state index contributed by atoms with van der Waals surface area (Å²) in [5.41, 5.74) is 7.11. The standard InChI is InChI=1S/C12H11FN4OS/c13-8-3-1-7-2-4-11(18)17(9(7)5-8)6-10-15-16-12(14)19-10/h1,3,5H,2,4,6H2,(H2,14,16). The smallest absolute Gasteiger partial charge is 0.227 e. The van der Waals surface area contributed by atoms with Gasteiger partial charge in [0.1, 0.15) is 10.8 Å². The van der Waals surface area contributed by atoms with Crippen molar-refractivity contribution in [1.82, 2.24) is 10.2 Å².